The largest absolute Gasteiger partial charge is 0.339 e. The van der Waals surface area contributed by atoms with Crippen LogP contribution in [0, 0.1) is 0 Å². The molecule has 0 aromatic carbocycles. The molecule has 0 saturated carbocycles. The van der Waals surface area contributed by atoms with Crippen molar-refractivity contribution >= 4 is 5.91 Å². The van der Waals surface area contributed by atoms with Crippen LogP contribution in [0.3, 0.4) is 0 Å². The molecule has 3 aliphatic heterocycles. The van der Waals surface area contributed by atoms with E-state index in [-0.39, 0.29) is 5.91 Å². The highest BCUT2D eigenvalue weighted by Crippen LogP contribution is 2.22. The Kier molecular flexibility index (Phi) is 3.89. The minimum absolute atomic E-state index is 0.274. The molecule has 0 aromatic rings. The third-order valence-corrected chi connectivity index (χ3v) is 4.94. The average Bonchev–Trinajstić information content (AvgIpc) is 2.90. The van der Waals surface area contributed by atoms with Crippen LogP contribution in [0.15, 0.2) is 11.1 Å². The minimum atomic E-state index is 0.274. The lowest BCUT2D eigenvalue weighted by Gasteiger charge is -2.37. The molecule has 3 fully saturated rings. The predicted octanol–water partition coefficient (Wildman–Crippen LogP) is 0.993. The lowest BCUT2D eigenvalue weighted by Crippen LogP contribution is -2.47. The van der Waals surface area contributed by atoms with Gasteiger partial charge < -0.3 is 15.1 Å². The van der Waals surface area contributed by atoms with Crippen LogP contribution in [-0.2, 0) is 4.79 Å². The molecule has 3 saturated heterocycles. The van der Waals surface area contributed by atoms with Crippen molar-refractivity contribution in [3.63, 3.8) is 0 Å². The maximum atomic E-state index is 12.4. The number of carbonyl (C=O) groups is 1. The van der Waals surface area contributed by atoms with Gasteiger partial charge in [-0.2, -0.15) is 0 Å². The number of carbonyl (C=O) groups excluding carboxylic acids is 1. The van der Waals surface area contributed by atoms with Gasteiger partial charge in [-0.25, -0.2) is 0 Å². The van der Waals surface area contributed by atoms with Gasteiger partial charge in [0.1, 0.15) is 0 Å². The second-order valence-corrected chi connectivity index (χ2v) is 6.10. The fraction of sp³-hybridized carbons (Fsp3) is 0.800. The van der Waals surface area contributed by atoms with Gasteiger partial charge >= 0.3 is 0 Å². The molecule has 0 aromatic heterocycles. The number of hydrogen-bond acceptors (Lipinski definition) is 3. The zero-order chi connectivity index (χ0) is 13.2. The van der Waals surface area contributed by atoms with Crippen molar-refractivity contribution in [2.75, 3.05) is 39.3 Å². The first-order chi connectivity index (χ1) is 9.25. The van der Waals surface area contributed by atoms with Crippen LogP contribution in [0.1, 0.15) is 32.6 Å². The third kappa shape index (κ3) is 2.70. The Morgan fingerprint density at radius 1 is 1.11 bits per heavy atom. The summed E-state index contributed by atoms with van der Waals surface area (Å²) in [6, 6.07) is 0.727. The van der Waals surface area contributed by atoms with Crippen LogP contribution in [0.5, 0.6) is 0 Å². The molecule has 0 bridgehead atoms. The summed E-state index contributed by atoms with van der Waals surface area (Å²) < 4.78 is 0. The smallest absolute Gasteiger partial charge is 0.249 e. The number of rotatable bonds is 2. The number of likely N-dealkylation sites (tertiary alicyclic amines) is 2. The normalized spacial score (nSPS) is 25.5. The molecule has 4 nitrogen and oxygen atoms in total. The highest BCUT2D eigenvalue weighted by atomic mass is 16.2. The Balaban J connectivity index is 1.53. The molecule has 0 atom stereocenters. The number of nitrogens with one attached hydrogen (secondary N) is 1. The van der Waals surface area contributed by atoms with Crippen LogP contribution < -0.4 is 5.32 Å². The first-order valence-electron chi connectivity index (χ1n) is 7.68. The molecule has 0 unspecified atom stereocenters. The van der Waals surface area contributed by atoms with Crippen molar-refractivity contribution in [3.8, 4) is 0 Å². The van der Waals surface area contributed by atoms with E-state index in [0.29, 0.717) is 0 Å². The quantitative estimate of drug-likeness (QED) is 0.755. The molecule has 19 heavy (non-hydrogen) atoms. The van der Waals surface area contributed by atoms with Crippen LogP contribution in [0.25, 0.3) is 0 Å². The molecule has 106 valence electrons. The molecular formula is C15H25N3O. The zero-order valence-electron chi connectivity index (χ0n) is 12.0. The Morgan fingerprint density at radius 2 is 1.74 bits per heavy atom. The first kappa shape index (κ1) is 13.1. The summed E-state index contributed by atoms with van der Waals surface area (Å²) in [4.78, 5) is 17.1. The fourth-order valence-corrected chi connectivity index (χ4v) is 3.44. The molecule has 0 radical (unpaired) electrons. The van der Waals surface area contributed by atoms with Crippen molar-refractivity contribution in [1.29, 1.82) is 0 Å². The second kappa shape index (κ2) is 5.63. The van der Waals surface area contributed by atoms with Crippen LogP contribution >= 0.6 is 0 Å². The third-order valence-electron chi connectivity index (χ3n) is 4.94. The van der Waals surface area contributed by atoms with Gasteiger partial charge in [-0.05, 0) is 51.3 Å². The molecule has 1 N–H and O–H groups in total. The summed E-state index contributed by atoms with van der Waals surface area (Å²) in [6.07, 6.45) is 5.04. The fourth-order valence-electron chi connectivity index (χ4n) is 3.44. The Morgan fingerprint density at radius 3 is 2.26 bits per heavy atom. The van der Waals surface area contributed by atoms with Gasteiger partial charge in [-0.1, -0.05) is 0 Å². The SMILES string of the molecule is CC(C(=O)N1CCC(N2CCCC2)CC1)=C1CNC1. The summed E-state index contributed by atoms with van der Waals surface area (Å²) in [7, 11) is 0. The predicted molar refractivity (Wildman–Crippen MR) is 76.0 cm³/mol. The van der Waals surface area contributed by atoms with Gasteiger partial charge in [-0.3, -0.25) is 4.79 Å². The van der Waals surface area contributed by atoms with E-state index in [2.05, 4.69) is 15.1 Å². The van der Waals surface area contributed by atoms with Crippen LogP contribution in [0.2, 0.25) is 0 Å². The summed E-state index contributed by atoms with van der Waals surface area (Å²) in [5.41, 5.74) is 2.28. The molecule has 3 heterocycles. The van der Waals surface area contributed by atoms with Gasteiger partial charge in [0.15, 0.2) is 0 Å². The molecule has 1 amide bonds. The monoisotopic (exact) mass is 263 g/mol. The van der Waals surface area contributed by atoms with E-state index in [9.17, 15) is 4.79 Å². The topological polar surface area (TPSA) is 35.6 Å². The number of piperidine rings is 1. The lowest BCUT2D eigenvalue weighted by atomic mass is 10.00. The Bertz CT molecular complexity index is 371. The van der Waals surface area contributed by atoms with E-state index >= 15 is 0 Å². The van der Waals surface area contributed by atoms with Gasteiger partial charge in [0.2, 0.25) is 5.91 Å². The number of amides is 1. The van der Waals surface area contributed by atoms with E-state index in [0.717, 1.165) is 50.6 Å². The van der Waals surface area contributed by atoms with Gasteiger partial charge in [-0.15, -0.1) is 0 Å². The lowest BCUT2D eigenvalue weighted by molar-refractivity contribution is -0.128. The van der Waals surface area contributed by atoms with E-state index in [1.54, 1.807) is 0 Å². The first-order valence-corrected chi connectivity index (χ1v) is 7.68. The van der Waals surface area contributed by atoms with Crippen LogP contribution in [-0.4, -0.2) is 61.0 Å². The number of nitrogens with zero attached hydrogens (tertiary/aromatic N) is 2. The second-order valence-electron chi connectivity index (χ2n) is 6.10. The molecule has 3 rings (SSSR count). The van der Waals surface area contributed by atoms with Crippen molar-refractivity contribution < 1.29 is 4.79 Å². The van der Waals surface area contributed by atoms with Crippen molar-refractivity contribution in [1.82, 2.24) is 15.1 Å². The maximum Gasteiger partial charge on any atom is 0.249 e. The summed E-state index contributed by atoms with van der Waals surface area (Å²) in [5.74, 6) is 0.274. The van der Waals surface area contributed by atoms with E-state index < -0.39 is 0 Å². The van der Waals surface area contributed by atoms with Gasteiger partial charge in [0.25, 0.3) is 0 Å². The highest BCUT2D eigenvalue weighted by Gasteiger charge is 2.29. The van der Waals surface area contributed by atoms with Crippen molar-refractivity contribution in [2.24, 2.45) is 0 Å². The molecule has 3 aliphatic rings. The molecular weight excluding hydrogens is 238 g/mol. The van der Waals surface area contributed by atoms with Crippen molar-refractivity contribution in [3.05, 3.63) is 11.1 Å². The minimum Gasteiger partial charge on any atom is -0.339 e. The summed E-state index contributed by atoms with van der Waals surface area (Å²) >= 11 is 0. The Labute approximate surface area is 115 Å². The number of hydrogen-bond donors (Lipinski definition) is 1. The maximum absolute atomic E-state index is 12.4. The van der Waals surface area contributed by atoms with E-state index in [1.807, 2.05) is 6.92 Å². The zero-order valence-corrected chi connectivity index (χ0v) is 12.0. The molecule has 0 aliphatic carbocycles. The summed E-state index contributed by atoms with van der Waals surface area (Å²) in [5, 5.41) is 3.21. The van der Waals surface area contributed by atoms with E-state index in [4.69, 9.17) is 0 Å². The van der Waals surface area contributed by atoms with Crippen LogP contribution in [0.4, 0.5) is 0 Å². The standard InChI is InChI=1S/C15H25N3O/c1-12(13-10-16-11-13)15(19)18-8-4-14(5-9-18)17-6-2-3-7-17/h14,16H,2-11H2,1H3. The molecule has 4 heteroatoms. The summed E-state index contributed by atoms with van der Waals surface area (Å²) in [6.45, 7) is 8.23. The van der Waals surface area contributed by atoms with E-state index in [1.165, 1.54) is 31.5 Å². The average molecular weight is 263 g/mol. The Hall–Kier alpha value is -0.870. The van der Waals surface area contributed by atoms with Gasteiger partial charge in [0, 0.05) is 37.8 Å². The molecule has 0 spiro atoms. The van der Waals surface area contributed by atoms with Crippen molar-refractivity contribution in [2.45, 2.75) is 38.6 Å². The van der Waals surface area contributed by atoms with Gasteiger partial charge in [0.05, 0.1) is 0 Å². The highest BCUT2D eigenvalue weighted by molar-refractivity contribution is 5.94.